The van der Waals surface area contributed by atoms with E-state index >= 15 is 0 Å². The lowest BCUT2D eigenvalue weighted by Gasteiger charge is -2.12. The van der Waals surface area contributed by atoms with Gasteiger partial charge < -0.3 is 5.32 Å². The molecule has 0 spiro atoms. The molecule has 1 N–H and O–H groups in total. The number of nitro groups is 1. The Morgan fingerprint density at radius 3 is 2.60 bits per heavy atom. The molecule has 15 heavy (non-hydrogen) atoms. The number of carbonyl (C=O) groups is 1. The zero-order valence-corrected chi connectivity index (χ0v) is 8.34. The number of amides is 1. The lowest BCUT2D eigenvalue weighted by atomic mass is 10.1. The zero-order chi connectivity index (χ0) is 11.3. The first kappa shape index (κ1) is 11.2. The van der Waals surface area contributed by atoms with Gasteiger partial charge in [-0.3, -0.25) is 14.9 Å². The third-order valence-corrected chi connectivity index (χ3v) is 1.95. The van der Waals surface area contributed by atoms with Crippen molar-refractivity contribution in [1.29, 1.82) is 0 Å². The highest BCUT2D eigenvalue weighted by Gasteiger charge is 2.13. The third-order valence-electron chi connectivity index (χ3n) is 1.95. The fourth-order valence-electron chi connectivity index (χ4n) is 1.23. The molecule has 0 aliphatic carbocycles. The standard InChI is InChI=1S/C10H12N2O3/c1-8(9-5-3-2-4-6-9)11-10(13)7-12(14)15/h2-6,8H,7H2,1H3,(H,11,13). The maximum Gasteiger partial charge on any atom is 0.292 e. The molecule has 0 bridgehead atoms. The van der Waals surface area contributed by atoms with E-state index in [0.29, 0.717) is 0 Å². The smallest absolute Gasteiger partial charge is 0.292 e. The summed E-state index contributed by atoms with van der Waals surface area (Å²) in [5, 5.41) is 12.6. The first-order valence-corrected chi connectivity index (χ1v) is 4.55. The van der Waals surface area contributed by atoms with Gasteiger partial charge in [0.05, 0.1) is 6.04 Å². The first-order valence-electron chi connectivity index (χ1n) is 4.55. The van der Waals surface area contributed by atoms with Gasteiger partial charge in [0.15, 0.2) is 0 Å². The minimum Gasteiger partial charge on any atom is -0.344 e. The zero-order valence-electron chi connectivity index (χ0n) is 8.34. The van der Waals surface area contributed by atoms with Crippen LogP contribution >= 0.6 is 0 Å². The van der Waals surface area contributed by atoms with Crippen molar-refractivity contribution in [3.63, 3.8) is 0 Å². The molecule has 5 heteroatoms. The fraction of sp³-hybridized carbons (Fsp3) is 0.300. The number of benzene rings is 1. The summed E-state index contributed by atoms with van der Waals surface area (Å²) >= 11 is 0. The van der Waals surface area contributed by atoms with E-state index in [1.807, 2.05) is 30.3 Å². The van der Waals surface area contributed by atoms with Gasteiger partial charge in [0.25, 0.3) is 12.5 Å². The van der Waals surface area contributed by atoms with E-state index in [0.717, 1.165) is 5.56 Å². The Balaban J connectivity index is 2.53. The van der Waals surface area contributed by atoms with E-state index in [4.69, 9.17) is 0 Å². The summed E-state index contributed by atoms with van der Waals surface area (Å²) in [5.74, 6) is -0.573. The van der Waals surface area contributed by atoms with E-state index in [1.165, 1.54) is 0 Å². The Morgan fingerprint density at radius 1 is 1.47 bits per heavy atom. The lowest BCUT2D eigenvalue weighted by Crippen LogP contribution is -2.31. The van der Waals surface area contributed by atoms with Gasteiger partial charge in [0.1, 0.15) is 0 Å². The van der Waals surface area contributed by atoms with Crippen molar-refractivity contribution < 1.29 is 9.72 Å². The summed E-state index contributed by atoms with van der Waals surface area (Å²) in [4.78, 5) is 20.5. The van der Waals surface area contributed by atoms with Crippen LogP contribution in [0, 0.1) is 10.1 Å². The van der Waals surface area contributed by atoms with Crippen LogP contribution in [0.2, 0.25) is 0 Å². The van der Waals surface area contributed by atoms with Crippen molar-refractivity contribution in [3.8, 4) is 0 Å². The molecule has 1 aromatic carbocycles. The Bertz CT molecular complexity index is 351. The Morgan fingerprint density at radius 2 is 2.07 bits per heavy atom. The van der Waals surface area contributed by atoms with Crippen LogP contribution in [0.1, 0.15) is 18.5 Å². The molecule has 1 amide bonds. The number of nitrogens with zero attached hydrogens (tertiary/aromatic N) is 1. The van der Waals surface area contributed by atoms with E-state index in [9.17, 15) is 14.9 Å². The summed E-state index contributed by atoms with van der Waals surface area (Å²) in [7, 11) is 0. The van der Waals surface area contributed by atoms with Gasteiger partial charge in [0, 0.05) is 4.92 Å². The molecule has 0 saturated carbocycles. The number of hydrogen-bond acceptors (Lipinski definition) is 3. The number of carbonyl (C=O) groups excluding carboxylic acids is 1. The number of nitrogens with one attached hydrogen (secondary N) is 1. The van der Waals surface area contributed by atoms with Gasteiger partial charge in [-0.15, -0.1) is 0 Å². The van der Waals surface area contributed by atoms with Crippen LogP contribution in [0.5, 0.6) is 0 Å². The molecule has 1 unspecified atom stereocenters. The third kappa shape index (κ3) is 3.76. The average molecular weight is 208 g/mol. The second-order valence-electron chi connectivity index (χ2n) is 3.19. The molecular weight excluding hydrogens is 196 g/mol. The molecule has 0 aliphatic rings. The fourth-order valence-corrected chi connectivity index (χ4v) is 1.23. The Kier molecular flexibility index (Phi) is 3.79. The van der Waals surface area contributed by atoms with Crippen LogP contribution in [0.15, 0.2) is 30.3 Å². The minimum atomic E-state index is -0.683. The minimum absolute atomic E-state index is 0.210. The summed E-state index contributed by atoms with van der Waals surface area (Å²) in [6.07, 6.45) is 0. The maximum atomic E-state index is 11.1. The highest BCUT2D eigenvalue weighted by atomic mass is 16.6. The largest absolute Gasteiger partial charge is 0.344 e. The van der Waals surface area contributed by atoms with E-state index in [-0.39, 0.29) is 6.04 Å². The van der Waals surface area contributed by atoms with Crippen molar-refractivity contribution >= 4 is 5.91 Å². The van der Waals surface area contributed by atoms with Crippen molar-refractivity contribution in [2.75, 3.05) is 6.54 Å². The highest BCUT2D eigenvalue weighted by Crippen LogP contribution is 2.10. The molecule has 5 nitrogen and oxygen atoms in total. The van der Waals surface area contributed by atoms with E-state index in [2.05, 4.69) is 5.32 Å². The van der Waals surface area contributed by atoms with Gasteiger partial charge in [-0.2, -0.15) is 0 Å². The van der Waals surface area contributed by atoms with E-state index in [1.54, 1.807) is 6.92 Å². The number of hydrogen-bond donors (Lipinski definition) is 1. The Hall–Kier alpha value is -1.91. The second-order valence-corrected chi connectivity index (χ2v) is 3.19. The van der Waals surface area contributed by atoms with Crippen LogP contribution < -0.4 is 5.32 Å². The van der Waals surface area contributed by atoms with Crippen LogP contribution in [0.25, 0.3) is 0 Å². The highest BCUT2D eigenvalue weighted by molar-refractivity contribution is 5.77. The summed E-state index contributed by atoms with van der Waals surface area (Å²) in [6, 6.07) is 9.08. The number of rotatable bonds is 4. The second kappa shape index (κ2) is 5.09. The Labute approximate surface area is 87.3 Å². The molecule has 80 valence electrons. The SMILES string of the molecule is CC(NC(=O)C[N+](=O)[O-])c1ccccc1. The maximum absolute atomic E-state index is 11.1. The topological polar surface area (TPSA) is 72.2 Å². The molecule has 0 saturated heterocycles. The molecule has 1 atom stereocenters. The van der Waals surface area contributed by atoms with Gasteiger partial charge in [-0.1, -0.05) is 30.3 Å². The summed E-state index contributed by atoms with van der Waals surface area (Å²) in [5.41, 5.74) is 0.925. The van der Waals surface area contributed by atoms with Crippen molar-refractivity contribution in [1.82, 2.24) is 5.32 Å². The average Bonchev–Trinajstić information content (AvgIpc) is 2.17. The molecule has 1 rings (SSSR count). The predicted molar refractivity (Wildman–Crippen MR) is 54.9 cm³/mol. The van der Waals surface area contributed by atoms with Gasteiger partial charge in [-0.25, -0.2) is 0 Å². The van der Waals surface area contributed by atoms with Crippen LogP contribution in [-0.4, -0.2) is 17.4 Å². The van der Waals surface area contributed by atoms with Gasteiger partial charge >= 0.3 is 0 Å². The summed E-state index contributed by atoms with van der Waals surface area (Å²) in [6.45, 7) is 1.10. The van der Waals surface area contributed by atoms with Crippen LogP contribution in [0.4, 0.5) is 0 Å². The van der Waals surface area contributed by atoms with Gasteiger partial charge in [-0.05, 0) is 12.5 Å². The quantitative estimate of drug-likeness (QED) is 0.595. The molecule has 0 radical (unpaired) electrons. The molecule has 0 aliphatic heterocycles. The van der Waals surface area contributed by atoms with Crippen molar-refractivity contribution in [3.05, 3.63) is 46.0 Å². The lowest BCUT2D eigenvalue weighted by molar-refractivity contribution is -0.467. The monoisotopic (exact) mass is 208 g/mol. The van der Waals surface area contributed by atoms with Gasteiger partial charge in [0.2, 0.25) is 0 Å². The van der Waals surface area contributed by atoms with Crippen molar-refractivity contribution in [2.24, 2.45) is 0 Å². The normalized spacial score (nSPS) is 11.8. The van der Waals surface area contributed by atoms with Crippen LogP contribution in [-0.2, 0) is 4.79 Å². The van der Waals surface area contributed by atoms with E-state index < -0.39 is 17.4 Å². The first-order chi connectivity index (χ1) is 7.09. The molecular formula is C10H12N2O3. The summed E-state index contributed by atoms with van der Waals surface area (Å²) < 4.78 is 0. The molecule has 0 heterocycles. The molecule has 0 aromatic heterocycles. The molecule has 0 fully saturated rings. The van der Waals surface area contributed by atoms with Crippen LogP contribution in [0.3, 0.4) is 0 Å². The van der Waals surface area contributed by atoms with Crippen molar-refractivity contribution in [2.45, 2.75) is 13.0 Å². The molecule has 1 aromatic rings. The predicted octanol–water partition coefficient (Wildman–Crippen LogP) is 1.14.